The highest BCUT2D eigenvalue weighted by Crippen LogP contribution is 2.34. The Kier molecular flexibility index (Phi) is 5.35. The van der Waals surface area contributed by atoms with E-state index in [4.69, 9.17) is 16.3 Å². The van der Waals surface area contributed by atoms with Crippen LogP contribution in [0.4, 0.5) is 11.4 Å². The monoisotopic (exact) mass is 414 g/mol. The number of aromatic nitrogens is 2. The molecule has 0 bridgehead atoms. The summed E-state index contributed by atoms with van der Waals surface area (Å²) in [7, 11) is 0. The molecule has 2 aromatic carbocycles. The Hall–Kier alpha value is -3.13. The van der Waals surface area contributed by atoms with E-state index in [1.165, 1.54) is 12.4 Å². The number of fused-ring (bicyclic) bond motifs is 1. The van der Waals surface area contributed by atoms with Crippen molar-refractivity contribution in [1.82, 2.24) is 9.97 Å². The Morgan fingerprint density at radius 2 is 2.17 bits per heavy atom. The zero-order chi connectivity index (χ0) is 20.4. The molecule has 1 unspecified atom stereocenters. The maximum Gasteiger partial charge on any atom is 0.293 e. The van der Waals surface area contributed by atoms with Gasteiger partial charge < -0.3 is 14.6 Å². The fraction of sp³-hybridized carbons (Fsp3) is 0.300. The largest absolute Gasteiger partial charge is 0.492 e. The number of benzene rings is 2. The molecule has 2 heterocycles. The van der Waals surface area contributed by atoms with Crippen LogP contribution in [0.2, 0.25) is 5.02 Å². The van der Waals surface area contributed by atoms with Crippen LogP contribution in [0, 0.1) is 16.0 Å². The summed E-state index contributed by atoms with van der Waals surface area (Å²) < 4.78 is 5.87. The predicted octanol–water partition coefficient (Wildman–Crippen LogP) is 3.78. The van der Waals surface area contributed by atoms with Crippen molar-refractivity contribution in [3.8, 4) is 5.75 Å². The second kappa shape index (κ2) is 8.08. The van der Waals surface area contributed by atoms with Crippen molar-refractivity contribution in [3.05, 3.63) is 68.2 Å². The molecule has 29 heavy (non-hydrogen) atoms. The highest BCUT2D eigenvalue weighted by Gasteiger charge is 2.27. The predicted molar refractivity (Wildman–Crippen MR) is 111 cm³/mol. The number of H-pyrrole nitrogens is 1. The minimum absolute atomic E-state index is 0.0938. The molecule has 150 valence electrons. The van der Waals surface area contributed by atoms with E-state index in [2.05, 4.69) is 9.97 Å². The molecule has 1 aromatic heterocycles. The lowest BCUT2D eigenvalue weighted by molar-refractivity contribution is -0.384. The van der Waals surface area contributed by atoms with E-state index in [1.807, 2.05) is 23.1 Å². The number of rotatable bonds is 5. The van der Waals surface area contributed by atoms with Crippen LogP contribution in [-0.2, 0) is 0 Å². The Balaban J connectivity index is 1.58. The minimum atomic E-state index is -0.453. The van der Waals surface area contributed by atoms with Crippen molar-refractivity contribution >= 4 is 33.9 Å². The molecule has 1 saturated heterocycles. The van der Waals surface area contributed by atoms with Crippen molar-refractivity contribution < 1.29 is 9.66 Å². The maximum absolute atomic E-state index is 12.0. The molecule has 1 aliphatic rings. The SMILES string of the molecule is O=c1[nH]cnc2cc(N3CCCC(COc4ccccc4Cl)C3)c([N+](=O)[O-])cc12. The summed E-state index contributed by atoms with van der Waals surface area (Å²) in [6.45, 7) is 1.78. The summed E-state index contributed by atoms with van der Waals surface area (Å²) in [5, 5.41) is 12.4. The number of nitro benzene ring substituents is 1. The van der Waals surface area contributed by atoms with Gasteiger partial charge in [0.05, 0.1) is 33.8 Å². The first-order valence-corrected chi connectivity index (χ1v) is 9.69. The molecule has 0 amide bonds. The van der Waals surface area contributed by atoms with Gasteiger partial charge in [0.25, 0.3) is 11.2 Å². The number of nitrogens with zero attached hydrogens (tertiary/aromatic N) is 3. The molecule has 9 heteroatoms. The van der Waals surface area contributed by atoms with Crippen LogP contribution in [0.3, 0.4) is 0 Å². The van der Waals surface area contributed by atoms with Gasteiger partial charge in [0.15, 0.2) is 0 Å². The summed E-state index contributed by atoms with van der Waals surface area (Å²) in [4.78, 5) is 31.8. The topological polar surface area (TPSA) is 101 Å². The average molecular weight is 415 g/mol. The molecule has 0 spiro atoms. The third kappa shape index (κ3) is 4.02. The molecular formula is C20H19ClN4O4. The molecule has 1 fully saturated rings. The van der Waals surface area contributed by atoms with Crippen LogP contribution >= 0.6 is 11.6 Å². The third-order valence-corrected chi connectivity index (χ3v) is 5.42. The summed E-state index contributed by atoms with van der Waals surface area (Å²) in [6, 6.07) is 10.2. The molecule has 0 saturated carbocycles. The van der Waals surface area contributed by atoms with E-state index in [1.54, 1.807) is 12.1 Å². The molecule has 1 aliphatic heterocycles. The first-order valence-electron chi connectivity index (χ1n) is 9.31. The fourth-order valence-electron chi connectivity index (χ4n) is 3.68. The second-order valence-electron chi connectivity index (χ2n) is 7.04. The smallest absolute Gasteiger partial charge is 0.293 e. The molecule has 3 aromatic rings. The van der Waals surface area contributed by atoms with Gasteiger partial charge in [0, 0.05) is 25.1 Å². The third-order valence-electron chi connectivity index (χ3n) is 5.10. The Morgan fingerprint density at radius 3 is 2.97 bits per heavy atom. The summed E-state index contributed by atoms with van der Waals surface area (Å²) >= 11 is 6.14. The number of piperidine rings is 1. The number of aromatic amines is 1. The lowest BCUT2D eigenvalue weighted by atomic mass is 9.98. The van der Waals surface area contributed by atoms with E-state index in [0.29, 0.717) is 41.7 Å². The number of halogens is 1. The van der Waals surface area contributed by atoms with Gasteiger partial charge in [-0.25, -0.2) is 4.98 Å². The van der Waals surface area contributed by atoms with Crippen molar-refractivity contribution in [3.63, 3.8) is 0 Å². The van der Waals surface area contributed by atoms with Gasteiger partial charge >= 0.3 is 0 Å². The summed E-state index contributed by atoms with van der Waals surface area (Å²) in [5.41, 5.74) is 0.421. The van der Waals surface area contributed by atoms with Gasteiger partial charge in [-0.15, -0.1) is 0 Å². The van der Waals surface area contributed by atoms with Gasteiger partial charge in [0.1, 0.15) is 11.4 Å². The molecule has 8 nitrogen and oxygen atoms in total. The second-order valence-corrected chi connectivity index (χ2v) is 7.45. The fourth-order valence-corrected chi connectivity index (χ4v) is 3.87. The molecular weight excluding hydrogens is 396 g/mol. The highest BCUT2D eigenvalue weighted by molar-refractivity contribution is 6.32. The van der Waals surface area contributed by atoms with Crippen molar-refractivity contribution in [2.45, 2.75) is 12.8 Å². The van der Waals surface area contributed by atoms with Gasteiger partial charge in [0.2, 0.25) is 0 Å². The standard InChI is InChI=1S/C20H19ClN4O4/c21-15-5-1-2-6-19(15)29-11-13-4-3-7-24(10-13)17-9-16-14(8-18(17)25(27)28)20(26)23-12-22-16/h1-2,5-6,8-9,12-13H,3-4,7,10-11H2,(H,22,23,26). The van der Waals surface area contributed by atoms with E-state index in [-0.39, 0.29) is 17.0 Å². The van der Waals surface area contributed by atoms with Crippen LogP contribution in [0.1, 0.15) is 12.8 Å². The summed E-state index contributed by atoms with van der Waals surface area (Å²) in [6.07, 6.45) is 3.14. The van der Waals surface area contributed by atoms with Gasteiger partial charge in [-0.2, -0.15) is 0 Å². The van der Waals surface area contributed by atoms with Crippen LogP contribution in [-0.4, -0.2) is 34.6 Å². The number of hydrogen-bond donors (Lipinski definition) is 1. The maximum atomic E-state index is 12.0. The Labute approximate surface area is 171 Å². The number of nitro groups is 1. The molecule has 0 radical (unpaired) electrons. The van der Waals surface area contributed by atoms with Crippen LogP contribution in [0.25, 0.3) is 10.9 Å². The average Bonchev–Trinajstić information content (AvgIpc) is 2.73. The van der Waals surface area contributed by atoms with E-state index >= 15 is 0 Å². The Morgan fingerprint density at radius 1 is 1.34 bits per heavy atom. The quantitative estimate of drug-likeness (QED) is 0.503. The molecule has 4 rings (SSSR count). The number of hydrogen-bond acceptors (Lipinski definition) is 6. The molecule has 0 aliphatic carbocycles. The number of ether oxygens (including phenoxy) is 1. The molecule has 1 atom stereocenters. The number of nitrogens with one attached hydrogen (secondary N) is 1. The highest BCUT2D eigenvalue weighted by atomic mass is 35.5. The van der Waals surface area contributed by atoms with E-state index in [9.17, 15) is 14.9 Å². The van der Waals surface area contributed by atoms with E-state index in [0.717, 1.165) is 12.8 Å². The van der Waals surface area contributed by atoms with Crippen molar-refractivity contribution in [2.75, 3.05) is 24.6 Å². The lowest BCUT2D eigenvalue weighted by Gasteiger charge is -2.34. The zero-order valence-electron chi connectivity index (χ0n) is 15.5. The van der Waals surface area contributed by atoms with Crippen LogP contribution in [0.15, 0.2) is 47.5 Å². The van der Waals surface area contributed by atoms with Crippen molar-refractivity contribution in [2.24, 2.45) is 5.92 Å². The first kappa shape index (κ1) is 19.2. The Bertz CT molecular complexity index is 1120. The van der Waals surface area contributed by atoms with Crippen LogP contribution < -0.4 is 15.2 Å². The van der Waals surface area contributed by atoms with Gasteiger partial charge in [-0.3, -0.25) is 14.9 Å². The van der Waals surface area contributed by atoms with Crippen molar-refractivity contribution in [1.29, 1.82) is 0 Å². The lowest BCUT2D eigenvalue weighted by Crippen LogP contribution is -2.38. The number of para-hydroxylation sites is 1. The van der Waals surface area contributed by atoms with Crippen LogP contribution in [0.5, 0.6) is 5.75 Å². The molecule has 1 N–H and O–H groups in total. The van der Waals surface area contributed by atoms with Gasteiger partial charge in [-0.1, -0.05) is 23.7 Å². The minimum Gasteiger partial charge on any atom is -0.492 e. The normalized spacial score (nSPS) is 16.7. The number of anilines is 1. The first-order chi connectivity index (χ1) is 14.0. The summed E-state index contributed by atoms with van der Waals surface area (Å²) in [5.74, 6) is 0.828. The van der Waals surface area contributed by atoms with Gasteiger partial charge in [-0.05, 0) is 31.0 Å². The zero-order valence-corrected chi connectivity index (χ0v) is 16.3. The van der Waals surface area contributed by atoms with E-state index < -0.39 is 10.5 Å².